The standard InChI is InChI=1S/C44H45N3O5S2/c1-6-36(41(50)47-42-38(43(51)52-5)34-23-22-30(44(2,3)4)25-37(34)54-42)53-32-20-13-19-31(26-32)45-40(49)35(46-39(48)28-15-8-7-9-16-28)24-29-18-12-17-27-14-10-11-21-33(27)29/h7-21,24,26,30,36H,6,22-23,25H2,1-5H3,(H,45,49)(H,46,48)(H,47,50)/b35-24+. The summed E-state index contributed by atoms with van der Waals surface area (Å²) in [5.41, 5.74) is 3.38. The minimum Gasteiger partial charge on any atom is -0.465 e. The van der Waals surface area contributed by atoms with Gasteiger partial charge in [-0.25, -0.2) is 4.79 Å². The molecule has 0 aliphatic heterocycles. The van der Waals surface area contributed by atoms with Crippen molar-refractivity contribution >= 4 is 74.3 Å². The summed E-state index contributed by atoms with van der Waals surface area (Å²) in [5.74, 6) is -1.07. The Balaban J connectivity index is 1.21. The third kappa shape index (κ3) is 8.94. The molecule has 10 heteroatoms. The molecule has 0 saturated carbocycles. The van der Waals surface area contributed by atoms with E-state index in [2.05, 4.69) is 36.7 Å². The summed E-state index contributed by atoms with van der Waals surface area (Å²) >= 11 is 2.86. The zero-order chi connectivity index (χ0) is 38.4. The van der Waals surface area contributed by atoms with Crippen LogP contribution in [-0.4, -0.2) is 36.1 Å². The number of amides is 3. The van der Waals surface area contributed by atoms with Crippen molar-refractivity contribution in [1.82, 2.24) is 5.32 Å². The van der Waals surface area contributed by atoms with Crippen molar-refractivity contribution in [2.75, 3.05) is 17.7 Å². The zero-order valence-corrected chi connectivity index (χ0v) is 32.8. The molecule has 278 valence electrons. The first-order valence-electron chi connectivity index (χ1n) is 18.1. The maximum atomic E-state index is 13.9. The molecule has 5 aromatic rings. The second kappa shape index (κ2) is 16.9. The number of thiophene rings is 1. The largest absolute Gasteiger partial charge is 0.465 e. The number of fused-ring (bicyclic) bond motifs is 2. The van der Waals surface area contributed by atoms with Crippen LogP contribution >= 0.6 is 23.1 Å². The normalized spacial score (nSPS) is 14.8. The lowest BCUT2D eigenvalue weighted by Gasteiger charge is -2.33. The summed E-state index contributed by atoms with van der Waals surface area (Å²) in [6.45, 7) is 8.68. The number of hydrogen-bond acceptors (Lipinski definition) is 7. The van der Waals surface area contributed by atoms with Gasteiger partial charge in [0.1, 0.15) is 10.7 Å². The Bertz CT molecular complexity index is 2220. The summed E-state index contributed by atoms with van der Waals surface area (Å²) < 4.78 is 5.17. The van der Waals surface area contributed by atoms with Crippen LogP contribution in [0.15, 0.2) is 108 Å². The van der Waals surface area contributed by atoms with E-state index in [9.17, 15) is 19.2 Å². The summed E-state index contributed by atoms with van der Waals surface area (Å²) in [4.78, 5) is 55.8. The molecule has 0 saturated heterocycles. The number of nitrogens with one attached hydrogen (secondary N) is 3. The second-order valence-corrected chi connectivity index (χ2v) is 16.8. The number of carbonyl (C=O) groups excluding carboxylic acids is 4. The maximum absolute atomic E-state index is 13.9. The van der Waals surface area contributed by atoms with E-state index in [1.165, 1.54) is 30.2 Å². The van der Waals surface area contributed by atoms with Crippen LogP contribution in [0.4, 0.5) is 10.7 Å². The van der Waals surface area contributed by atoms with Crippen LogP contribution in [0, 0.1) is 11.3 Å². The highest BCUT2D eigenvalue weighted by atomic mass is 32.2. The highest BCUT2D eigenvalue weighted by molar-refractivity contribution is 8.00. The highest BCUT2D eigenvalue weighted by Gasteiger charge is 2.35. The number of rotatable bonds is 11. The van der Waals surface area contributed by atoms with Gasteiger partial charge in [0.25, 0.3) is 11.8 Å². The average Bonchev–Trinajstić information content (AvgIpc) is 3.53. The fourth-order valence-corrected chi connectivity index (χ4v) is 9.06. The first-order chi connectivity index (χ1) is 25.9. The topological polar surface area (TPSA) is 114 Å². The van der Waals surface area contributed by atoms with E-state index in [4.69, 9.17) is 4.74 Å². The van der Waals surface area contributed by atoms with Gasteiger partial charge < -0.3 is 20.7 Å². The number of benzene rings is 4. The first-order valence-corrected chi connectivity index (χ1v) is 19.8. The van der Waals surface area contributed by atoms with Crippen LogP contribution in [0.1, 0.15) is 77.3 Å². The minimum atomic E-state index is -0.496. The van der Waals surface area contributed by atoms with Gasteiger partial charge in [0, 0.05) is 21.0 Å². The molecule has 1 heterocycles. The number of ether oxygens (including phenoxy) is 1. The van der Waals surface area contributed by atoms with Crippen molar-refractivity contribution in [3.05, 3.63) is 130 Å². The van der Waals surface area contributed by atoms with Crippen LogP contribution in [-0.2, 0) is 27.2 Å². The number of esters is 1. The predicted molar refractivity (Wildman–Crippen MR) is 220 cm³/mol. The van der Waals surface area contributed by atoms with E-state index in [-0.39, 0.29) is 17.0 Å². The molecule has 3 N–H and O–H groups in total. The van der Waals surface area contributed by atoms with Crippen LogP contribution in [0.5, 0.6) is 0 Å². The smallest absolute Gasteiger partial charge is 0.341 e. The monoisotopic (exact) mass is 759 g/mol. The van der Waals surface area contributed by atoms with Crippen molar-refractivity contribution in [3.8, 4) is 0 Å². The maximum Gasteiger partial charge on any atom is 0.341 e. The van der Waals surface area contributed by atoms with Gasteiger partial charge in [-0.3, -0.25) is 14.4 Å². The molecular weight excluding hydrogens is 715 g/mol. The van der Waals surface area contributed by atoms with Gasteiger partial charge in [-0.2, -0.15) is 0 Å². The third-order valence-electron chi connectivity index (χ3n) is 9.80. The van der Waals surface area contributed by atoms with E-state index in [0.29, 0.717) is 34.2 Å². The van der Waals surface area contributed by atoms with Crippen molar-refractivity contribution in [2.24, 2.45) is 11.3 Å². The number of hydrogen-bond donors (Lipinski definition) is 3. The van der Waals surface area contributed by atoms with Crippen LogP contribution < -0.4 is 16.0 Å². The molecule has 0 fully saturated rings. The molecule has 1 aliphatic carbocycles. The molecule has 4 aromatic carbocycles. The van der Waals surface area contributed by atoms with Gasteiger partial charge in [-0.05, 0) is 95.3 Å². The van der Waals surface area contributed by atoms with Crippen LogP contribution in [0.3, 0.4) is 0 Å². The molecule has 0 bridgehead atoms. The average molecular weight is 760 g/mol. The summed E-state index contributed by atoms with van der Waals surface area (Å²) in [6, 6.07) is 29.7. The molecule has 3 amide bonds. The highest BCUT2D eigenvalue weighted by Crippen LogP contribution is 2.45. The van der Waals surface area contributed by atoms with Gasteiger partial charge in [-0.15, -0.1) is 23.1 Å². The zero-order valence-electron chi connectivity index (χ0n) is 31.2. The van der Waals surface area contributed by atoms with Crippen molar-refractivity contribution in [1.29, 1.82) is 0 Å². The second-order valence-electron chi connectivity index (χ2n) is 14.4. The molecule has 0 radical (unpaired) electrons. The Hall–Kier alpha value is -5.19. The predicted octanol–water partition coefficient (Wildman–Crippen LogP) is 9.76. The van der Waals surface area contributed by atoms with E-state index in [1.54, 1.807) is 36.4 Å². The Kier molecular flexibility index (Phi) is 12.0. The minimum absolute atomic E-state index is 0.0814. The Morgan fingerprint density at radius 3 is 2.39 bits per heavy atom. The fraction of sp³-hybridized carbons (Fsp3) is 0.273. The SMILES string of the molecule is CCC(Sc1cccc(NC(=O)/C(=C\c2cccc3ccccc23)NC(=O)c2ccccc2)c1)C(=O)Nc1sc2c(c1C(=O)OC)CCC(C(C)(C)C)C2. The van der Waals surface area contributed by atoms with E-state index in [1.807, 2.05) is 73.7 Å². The number of anilines is 2. The Labute approximate surface area is 324 Å². The molecule has 54 heavy (non-hydrogen) atoms. The van der Waals surface area contributed by atoms with Crippen molar-refractivity contribution < 1.29 is 23.9 Å². The lowest BCUT2D eigenvalue weighted by molar-refractivity contribution is -0.116. The molecule has 2 unspecified atom stereocenters. The number of methoxy groups -OCH3 is 1. The van der Waals surface area contributed by atoms with E-state index >= 15 is 0 Å². The lowest BCUT2D eigenvalue weighted by atomic mass is 9.72. The number of thioether (sulfide) groups is 1. The summed E-state index contributed by atoms with van der Waals surface area (Å²) in [6.07, 6.45) is 4.82. The third-order valence-corrected chi connectivity index (χ3v) is 12.3. The van der Waals surface area contributed by atoms with Gasteiger partial charge in [0.15, 0.2) is 0 Å². The van der Waals surface area contributed by atoms with E-state index in [0.717, 1.165) is 50.9 Å². The molecule has 2 atom stereocenters. The number of carbonyl (C=O) groups is 4. The fourth-order valence-electron chi connectivity index (χ4n) is 6.73. The molecule has 1 aliphatic rings. The summed E-state index contributed by atoms with van der Waals surface area (Å²) in [5, 5.41) is 10.9. The van der Waals surface area contributed by atoms with Crippen LogP contribution in [0.25, 0.3) is 16.8 Å². The summed E-state index contributed by atoms with van der Waals surface area (Å²) in [7, 11) is 1.37. The Morgan fingerprint density at radius 2 is 1.65 bits per heavy atom. The molecular formula is C44H45N3O5S2. The van der Waals surface area contributed by atoms with Gasteiger partial charge in [0.2, 0.25) is 5.91 Å². The van der Waals surface area contributed by atoms with Crippen molar-refractivity contribution in [2.45, 2.75) is 63.5 Å². The first kappa shape index (κ1) is 38.5. The van der Waals surface area contributed by atoms with Gasteiger partial charge in [0.05, 0.1) is 17.9 Å². The Morgan fingerprint density at radius 1 is 0.926 bits per heavy atom. The van der Waals surface area contributed by atoms with Crippen molar-refractivity contribution in [3.63, 3.8) is 0 Å². The quantitative estimate of drug-likeness (QED) is 0.0702. The van der Waals surface area contributed by atoms with Crippen LogP contribution in [0.2, 0.25) is 0 Å². The lowest BCUT2D eigenvalue weighted by Crippen LogP contribution is -2.30. The molecule has 8 nitrogen and oxygen atoms in total. The molecule has 0 spiro atoms. The van der Waals surface area contributed by atoms with E-state index < -0.39 is 23.0 Å². The van der Waals surface area contributed by atoms with Gasteiger partial charge >= 0.3 is 5.97 Å². The molecule has 1 aromatic heterocycles. The van der Waals surface area contributed by atoms with Gasteiger partial charge in [-0.1, -0.05) is 94.4 Å². The molecule has 6 rings (SSSR count).